The van der Waals surface area contributed by atoms with Crippen LogP contribution in [0.15, 0.2) is 22.2 Å². The van der Waals surface area contributed by atoms with Gasteiger partial charge in [-0.2, -0.15) is 0 Å². The number of hydrogen-bond donors (Lipinski definition) is 0. The lowest BCUT2D eigenvalue weighted by Gasteiger charge is -2.18. The highest BCUT2D eigenvalue weighted by molar-refractivity contribution is 9.11. The summed E-state index contributed by atoms with van der Waals surface area (Å²) in [6.45, 7) is 4.37. The van der Waals surface area contributed by atoms with Gasteiger partial charge in [0.1, 0.15) is 6.33 Å². The van der Waals surface area contributed by atoms with Crippen molar-refractivity contribution in [3.8, 4) is 0 Å². The van der Waals surface area contributed by atoms with E-state index in [4.69, 9.17) is 0 Å². The summed E-state index contributed by atoms with van der Waals surface area (Å²) in [4.78, 5) is 18.7. The molecule has 0 aliphatic carbocycles. The first-order valence-corrected chi connectivity index (χ1v) is 7.67. The molecule has 0 aliphatic rings. The van der Waals surface area contributed by atoms with Crippen LogP contribution in [0.4, 0.5) is 0 Å². The summed E-state index contributed by atoms with van der Waals surface area (Å²) in [5.74, 6) is -0.434. The fraction of sp³-hybridized carbons (Fsp3) is 0.417. The van der Waals surface area contributed by atoms with Gasteiger partial charge in [-0.25, -0.2) is 14.5 Å². The zero-order valence-electron chi connectivity index (χ0n) is 11.2. The standard InChI is InChI=1S/C12H15BrN4O2S/c1-3-16(6-9-4-5-10(13)20-9)8-17-7-14-11(15-17)12(18)19-2/h4-5,7H,3,6,8H2,1-2H3. The Hall–Kier alpha value is -1.25. The number of halogens is 1. The summed E-state index contributed by atoms with van der Waals surface area (Å²) in [5.41, 5.74) is 0. The first-order valence-electron chi connectivity index (χ1n) is 6.06. The minimum Gasteiger partial charge on any atom is -0.463 e. The number of hydrogen-bond acceptors (Lipinski definition) is 6. The van der Waals surface area contributed by atoms with Crippen LogP contribution in [0.5, 0.6) is 0 Å². The molecule has 0 aliphatic heterocycles. The van der Waals surface area contributed by atoms with E-state index in [1.807, 2.05) is 6.07 Å². The number of methoxy groups -OCH3 is 1. The smallest absolute Gasteiger partial charge is 0.377 e. The van der Waals surface area contributed by atoms with Crippen molar-refractivity contribution in [3.05, 3.63) is 32.9 Å². The summed E-state index contributed by atoms with van der Waals surface area (Å²) in [6, 6.07) is 4.14. The summed E-state index contributed by atoms with van der Waals surface area (Å²) < 4.78 is 7.34. The Morgan fingerprint density at radius 1 is 1.55 bits per heavy atom. The van der Waals surface area contributed by atoms with E-state index >= 15 is 0 Å². The molecule has 2 heterocycles. The average Bonchev–Trinajstić information content (AvgIpc) is 3.06. The van der Waals surface area contributed by atoms with Crippen LogP contribution in [0.2, 0.25) is 0 Å². The third-order valence-electron chi connectivity index (χ3n) is 2.70. The van der Waals surface area contributed by atoms with Gasteiger partial charge in [-0.05, 0) is 34.6 Å². The predicted octanol–water partition coefficient (Wildman–Crippen LogP) is 2.37. The van der Waals surface area contributed by atoms with E-state index in [-0.39, 0.29) is 5.82 Å². The first kappa shape index (κ1) is 15.1. The van der Waals surface area contributed by atoms with E-state index in [1.54, 1.807) is 22.3 Å². The van der Waals surface area contributed by atoms with Crippen molar-refractivity contribution >= 4 is 33.2 Å². The molecule has 0 radical (unpaired) electrons. The van der Waals surface area contributed by atoms with Gasteiger partial charge in [-0.15, -0.1) is 16.4 Å². The van der Waals surface area contributed by atoms with Crippen molar-refractivity contribution in [2.75, 3.05) is 13.7 Å². The number of rotatable bonds is 6. The van der Waals surface area contributed by atoms with Gasteiger partial charge >= 0.3 is 5.97 Å². The van der Waals surface area contributed by atoms with E-state index in [2.05, 4.69) is 48.6 Å². The van der Waals surface area contributed by atoms with E-state index in [9.17, 15) is 4.79 Å². The normalized spacial score (nSPS) is 11.0. The Morgan fingerprint density at radius 3 is 2.95 bits per heavy atom. The number of esters is 1. The fourth-order valence-corrected chi connectivity index (χ4v) is 3.20. The van der Waals surface area contributed by atoms with Gasteiger partial charge in [-0.3, -0.25) is 4.90 Å². The summed E-state index contributed by atoms with van der Waals surface area (Å²) in [7, 11) is 1.32. The number of nitrogens with zero attached hydrogens (tertiary/aromatic N) is 4. The highest BCUT2D eigenvalue weighted by atomic mass is 79.9. The highest BCUT2D eigenvalue weighted by Gasteiger charge is 2.13. The van der Waals surface area contributed by atoms with Crippen LogP contribution in [-0.4, -0.2) is 39.3 Å². The number of thiophene rings is 1. The second-order valence-electron chi connectivity index (χ2n) is 4.09. The number of aromatic nitrogens is 3. The second kappa shape index (κ2) is 6.96. The van der Waals surface area contributed by atoms with Gasteiger partial charge in [0.15, 0.2) is 0 Å². The molecule has 0 N–H and O–H groups in total. The molecular weight excluding hydrogens is 344 g/mol. The van der Waals surface area contributed by atoms with Crippen molar-refractivity contribution in [2.24, 2.45) is 0 Å². The minimum atomic E-state index is -0.519. The molecule has 0 aromatic carbocycles. The molecule has 6 nitrogen and oxygen atoms in total. The van der Waals surface area contributed by atoms with Gasteiger partial charge in [0.25, 0.3) is 5.82 Å². The molecular formula is C12H15BrN4O2S. The quantitative estimate of drug-likeness (QED) is 0.741. The molecule has 20 heavy (non-hydrogen) atoms. The Bertz CT molecular complexity index is 584. The van der Waals surface area contributed by atoms with E-state index in [0.717, 1.165) is 16.9 Å². The molecule has 2 aromatic rings. The van der Waals surface area contributed by atoms with Gasteiger partial charge in [0, 0.05) is 11.4 Å². The maximum atomic E-state index is 11.3. The van der Waals surface area contributed by atoms with Gasteiger partial charge in [0.2, 0.25) is 0 Å². The zero-order valence-corrected chi connectivity index (χ0v) is 13.6. The Kier molecular flexibility index (Phi) is 5.27. The lowest BCUT2D eigenvalue weighted by molar-refractivity contribution is 0.0585. The summed E-state index contributed by atoms with van der Waals surface area (Å²) in [5, 5.41) is 4.10. The number of carbonyl (C=O) groups is 1. The van der Waals surface area contributed by atoms with Gasteiger partial charge in [0.05, 0.1) is 17.6 Å². The van der Waals surface area contributed by atoms with Crippen LogP contribution >= 0.6 is 27.3 Å². The SMILES string of the molecule is CCN(Cc1ccc(Br)s1)Cn1cnc(C(=O)OC)n1. The second-order valence-corrected chi connectivity index (χ2v) is 6.64. The van der Waals surface area contributed by atoms with Crippen LogP contribution in [0.25, 0.3) is 0 Å². The minimum absolute atomic E-state index is 0.0856. The first-order chi connectivity index (χ1) is 9.62. The fourth-order valence-electron chi connectivity index (χ4n) is 1.67. The third-order valence-corrected chi connectivity index (χ3v) is 4.31. The Morgan fingerprint density at radius 2 is 2.35 bits per heavy atom. The van der Waals surface area contributed by atoms with Crippen LogP contribution in [0, 0.1) is 0 Å². The van der Waals surface area contributed by atoms with Crippen LogP contribution in [0.1, 0.15) is 22.4 Å². The van der Waals surface area contributed by atoms with Crippen molar-refractivity contribution in [1.29, 1.82) is 0 Å². The van der Waals surface area contributed by atoms with Crippen molar-refractivity contribution in [2.45, 2.75) is 20.1 Å². The molecule has 0 unspecified atom stereocenters. The summed E-state index contributed by atoms with van der Waals surface area (Å²) >= 11 is 5.17. The Balaban J connectivity index is 1.99. The third kappa shape index (κ3) is 3.87. The Labute approximate surface area is 129 Å². The van der Waals surface area contributed by atoms with E-state index < -0.39 is 5.97 Å². The monoisotopic (exact) mass is 358 g/mol. The van der Waals surface area contributed by atoms with Crippen LogP contribution < -0.4 is 0 Å². The topological polar surface area (TPSA) is 60.2 Å². The van der Waals surface area contributed by atoms with Gasteiger partial charge < -0.3 is 4.74 Å². The van der Waals surface area contributed by atoms with Crippen molar-refractivity contribution in [3.63, 3.8) is 0 Å². The van der Waals surface area contributed by atoms with Crippen molar-refractivity contribution < 1.29 is 9.53 Å². The maximum absolute atomic E-state index is 11.3. The van der Waals surface area contributed by atoms with Crippen LogP contribution in [0.3, 0.4) is 0 Å². The molecule has 108 valence electrons. The molecule has 8 heteroatoms. The largest absolute Gasteiger partial charge is 0.463 e. The predicted molar refractivity (Wildman–Crippen MR) is 79.5 cm³/mol. The van der Waals surface area contributed by atoms with Crippen molar-refractivity contribution in [1.82, 2.24) is 19.7 Å². The lowest BCUT2D eigenvalue weighted by Crippen LogP contribution is -2.26. The van der Waals surface area contributed by atoms with Crippen LogP contribution in [-0.2, 0) is 18.0 Å². The van der Waals surface area contributed by atoms with E-state index in [1.165, 1.54) is 12.0 Å². The molecule has 0 spiro atoms. The summed E-state index contributed by atoms with van der Waals surface area (Å²) in [6.07, 6.45) is 1.54. The van der Waals surface area contributed by atoms with Gasteiger partial charge in [-0.1, -0.05) is 6.92 Å². The molecule has 0 amide bonds. The molecule has 0 atom stereocenters. The molecule has 0 bridgehead atoms. The number of ether oxygens (including phenoxy) is 1. The lowest BCUT2D eigenvalue weighted by atomic mass is 10.4. The molecule has 0 fully saturated rings. The molecule has 0 saturated carbocycles. The maximum Gasteiger partial charge on any atom is 0.377 e. The zero-order chi connectivity index (χ0) is 14.5. The molecule has 0 saturated heterocycles. The van der Waals surface area contributed by atoms with E-state index in [0.29, 0.717) is 6.67 Å². The molecule has 2 aromatic heterocycles. The average molecular weight is 359 g/mol. The molecule has 2 rings (SSSR count). The number of carbonyl (C=O) groups excluding carboxylic acids is 1. The highest BCUT2D eigenvalue weighted by Crippen LogP contribution is 2.23.